The lowest BCUT2D eigenvalue weighted by molar-refractivity contribution is -0.122. The maximum atomic E-state index is 14.7. The summed E-state index contributed by atoms with van der Waals surface area (Å²) in [6, 6.07) is 16.3. The summed E-state index contributed by atoms with van der Waals surface area (Å²) in [7, 11) is -6.00. The van der Waals surface area contributed by atoms with Crippen LogP contribution in [-0.4, -0.2) is 98.0 Å². The zero-order valence-corrected chi connectivity index (χ0v) is 45.0. The number of alkyl halides is 2. The number of amides is 1. The van der Waals surface area contributed by atoms with E-state index in [0.717, 1.165) is 39.4 Å². The van der Waals surface area contributed by atoms with Crippen molar-refractivity contribution >= 4 is 66.1 Å². The zero-order valence-electron chi connectivity index (χ0n) is 43.4. The van der Waals surface area contributed by atoms with Gasteiger partial charge in [-0.1, -0.05) is 32.0 Å². The fraction of sp³-hybridized carbons (Fsp3) is 0.482. The van der Waals surface area contributed by atoms with Gasteiger partial charge in [0.1, 0.15) is 31.2 Å². The third-order valence-corrected chi connectivity index (χ3v) is 19.2. The first-order valence-electron chi connectivity index (χ1n) is 24.8. The van der Waals surface area contributed by atoms with E-state index in [2.05, 4.69) is 4.98 Å². The molecule has 4 heterocycles. The van der Waals surface area contributed by atoms with E-state index in [4.69, 9.17) is 9.84 Å². The number of Topliss-reactive ketones (excluding diaryl/α,β-unsaturated/α-hetero) is 4. The largest absolute Gasteiger partial charge is 0.478 e. The normalized spacial score (nSPS) is 20.6. The SMILES string of the molecule is CC1(C)C(=O)Cc2ccc(C(=O)O)cc21.CC1(CC(=O)c2ccc3c(c2)C(C)(C)C(=O)C3)CCS(=O)(=O)CC1.CC1(CC(=O)c2ccc3c(c2)C(C)(C)C(=O)N3c2cc(OCC(F)F)ncc2F)CCS(=O)(=O)CC1. The number of nitrogens with zero attached hydrogens (tertiary/aromatic N) is 2. The van der Waals surface area contributed by atoms with Crippen molar-refractivity contribution in [2.45, 2.75) is 129 Å². The van der Waals surface area contributed by atoms with E-state index >= 15 is 0 Å². The number of hydrogen-bond donors (Lipinski definition) is 1. The molecular weight excluding hydrogens is 1010 g/mol. The van der Waals surface area contributed by atoms with E-state index in [1.807, 2.05) is 53.7 Å². The molecule has 9 rings (SSSR count). The molecule has 3 aromatic carbocycles. The number of sulfone groups is 2. The second-order valence-corrected chi connectivity index (χ2v) is 27.4. The number of hydrogen-bond acceptors (Lipinski definition) is 12. The summed E-state index contributed by atoms with van der Waals surface area (Å²) in [5, 5.41) is 8.87. The topological polar surface area (TPSA) is 216 Å². The Bertz CT molecular complexity index is 3230. The van der Waals surface area contributed by atoms with Crippen LogP contribution in [0.2, 0.25) is 0 Å². The highest BCUT2D eigenvalue weighted by atomic mass is 32.2. The molecule has 2 aliphatic carbocycles. The molecule has 3 aliphatic heterocycles. The molecule has 5 aliphatic rings. The van der Waals surface area contributed by atoms with E-state index in [1.165, 1.54) is 0 Å². The molecule has 14 nitrogen and oxygen atoms in total. The summed E-state index contributed by atoms with van der Waals surface area (Å²) in [6.45, 7) is 13.8. The lowest BCUT2D eigenvalue weighted by Crippen LogP contribution is -2.33. The Morgan fingerprint density at radius 3 is 1.51 bits per heavy atom. The number of carbonyl (C=O) groups excluding carboxylic acids is 5. The van der Waals surface area contributed by atoms with E-state index in [9.17, 15) is 58.8 Å². The quantitative estimate of drug-likeness (QED) is 0.139. The van der Waals surface area contributed by atoms with Crippen molar-refractivity contribution in [2.24, 2.45) is 10.8 Å². The van der Waals surface area contributed by atoms with Crippen molar-refractivity contribution in [2.75, 3.05) is 34.5 Å². The van der Waals surface area contributed by atoms with Gasteiger partial charge >= 0.3 is 5.97 Å². The Labute approximate surface area is 435 Å². The average Bonchev–Trinajstić information content (AvgIpc) is 3.80. The number of pyridine rings is 1. The standard InChI is InChI=1S/C25H27F3N2O5S.C19H24O4S.C12H12O3/c1-24(2)16-10-15(20(31)12-25(3)6-8-36(33,34)9-7-25)4-5-18(16)30(23(24)32)19-11-22(29-13-17(19)26)35-14-21(27)28;1-18(2)15-10-14(5-4-13(15)11-17(18)21)16(20)12-19(3)6-8-24(22,23)9-7-19;1-12(2)9-5-8(11(14)15)4-3-7(9)6-10(12)13/h4-5,10-11,13,21H,6-9,12,14H2,1-3H3;4-5,10H,6-9,11-12H2,1-3H3;3-5H,6H2,1-2H3,(H,14,15). The molecule has 1 amide bonds. The van der Waals surface area contributed by atoms with Gasteiger partial charge in [-0.05, 0) is 142 Å². The molecular formula is C56H63F3N2O12S2. The zero-order chi connectivity index (χ0) is 55.4. The minimum absolute atomic E-state index is 0.0368. The summed E-state index contributed by atoms with van der Waals surface area (Å²) in [6.07, 6.45) is 1.32. The molecule has 0 atom stereocenters. The minimum Gasteiger partial charge on any atom is -0.478 e. The highest BCUT2D eigenvalue weighted by Gasteiger charge is 2.47. The van der Waals surface area contributed by atoms with E-state index in [1.54, 1.807) is 56.3 Å². The molecule has 75 heavy (non-hydrogen) atoms. The number of anilines is 2. The number of rotatable bonds is 11. The monoisotopic (exact) mass is 1080 g/mol. The Balaban J connectivity index is 0.000000180. The van der Waals surface area contributed by atoms with Crippen LogP contribution in [0.5, 0.6) is 5.88 Å². The van der Waals surface area contributed by atoms with Crippen LogP contribution in [0.4, 0.5) is 24.5 Å². The second-order valence-electron chi connectivity index (χ2n) is 22.8. The van der Waals surface area contributed by atoms with Gasteiger partial charge in [0, 0.05) is 53.7 Å². The highest BCUT2D eigenvalue weighted by Crippen LogP contribution is 2.48. The van der Waals surface area contributed by atoms with Crippen molar-refractivity contribution in [3.63, 3.8) is 0 Å². The summed E-state index contributed by atoms with van der Waals surface area (Å²) in [5.41, 5.74) is 2.84. The number of ether oxygens (including phenoxy) is 1. The molecule has 1 N–H and O–H groups in total. The lowest BCUT2D eigenvalue weighted by atomic mass is 9.78. The van der Waals surface area contributed by atoms with E-state index in [0.29, 0.717) is 67.3 Å². The molecule has 0 bridgehead atoms. The Morgan fingerprint density at radius 1 is 0.627 bits per heavy atom. The predicted molar refractivity (Wildman–Crippen MR) is 276 cm³/mol. The molecule has 2 fully saturated rings. The molecule has 19 heteroatoms. The first-order chi connectivity index (χ1) is 34.7. The maximum absolute atomic E-state index is 14.7. The molecule has 0 spiro atoms. The summed E-state index contributed by atoms with van der Waals surface area (Å²) in [5.74, 6) is -1.84. The molecule has 0 saturated carbocycles. The van der Waals surface area contributed by atoms with Gasteiger partial charge in [0.05, 0.1) is 51.6 Å². The van der Waals surface area contributed by atoms with Gasteiger partial charge in [0.2, 0.25) is 11.8 Å². The van der Waals surface area contributed by atoms with Crippen LogP contribution < -0.4 is 9.64 Å². The fourth-order valence-electron chi connectivity index (χ4n) is 10.4. The average molecular weight is 1080 g/mol. The van der Waals surface area contributed by atoms with Gasteiger partial charge in [0.15, 0.2) is 24.0 Å². The van der Waals surface area contributed by atoms with Crippen molar-refractivity contribution in [3.8, 4) is 5.88 Å². The molecule has 4 aromatic rings. The second kappa shape index (κ2) is 20.5. The van der Waals surface area contributed by atoms with Gasteiger partial charge in [-0.15, -0.1) is 0 Å². The third-order valence-electron chi connectivity index (χ3n) is 15.9. The Morgan fingerprint density at radius 2 is 1.05 bits per heavy atom. The van der Waals surface area contributed by atoms with Crippen molar-refractivity contribution < 1.29 is 68.6 Å². The molecule has 0 unspecified atom stereocenters. The molecule has 402 valence electrons. The van der Waals surface area contributed by atoms with Crippen LogP contribution in [0.15, 0.2) is 66.9 Å². The predicted octanol–water partition coefficient (Wildman–Crippen LogP) is 9.27. The first-order valence-corrected chi connectivity index (χ1v) is 28.4. The van der Waals surface area contributed by atoms with Gasteiger partial charge in [-0.25, -0.2) is 39.8 Å². The minimum atomic E-state index is -3.07. The first kappa shape index (κ1) is 56.6. The van der Waals surface area contributed by atoms with Gasteiger partial charge in [-0.2, -0.15) is 0 Å². The van der Waals surface area contributed by atoms with Crippen molar-refractivity contribution in [1.29, 1.82) is 0 Å². The highest BCUT2D eigenvalue weighted by molar-refractivity contribution is 7.91. The van der Waals surface area contributed by atoms with E-state index in [-0.39, 0.29) is 75.1 Å². The van der Waals surface area contributed by atoms with Crippen LogP contribution in [0, 0.1) is 16.6 Å². The van der Waals surface area contributed by atoms with Crippen LogP contribution in [0.1, 0.15) is 153 Å². The maximum Gasteiger partial charge on any atom is 0.335 e. The number of halogens is 3. The van der Waals surface area contributed by atoms with Crippen LogP contribution in [0.25, 0.3) is 0 Å². The van der Waals surface area contributed by atoms with Crippen LogP contribution >= 0.6 is 0 Å². The van der Waals surface area contributed by atoms with E-state index < -0.39 is 72.1 Å². The summed E-state index contributed by atoms with van der Waals surface area (Å²) < 4.78 is 91.5. The smallest absolute Gasteiger partial charge is 0.335 e. The third kappa shape index (κ3) is 12.0. The molecule has 1 aromatic heterocycles. The molecule has 0 radical (unpaired) electrons. The number of carboxylic acids is 1. The van der Waals surface area contributed by atoms with Gasteiger partial charge < -0.3 is 9.84 Å². The number of carbonyl (C=O) groups is 6. The number of ketones is 4. The number of carboxylic acid groups (broad SMARTS) is 1. The fourth-order valence-corrected chi connectivity index (χ4v) is 14.0. The molecule has 2 saturated heterocycles. The van der Waals surface area contributed by atoms with Gasteiger partial charge in [0.25, 0.3) is 6.43 Å². The number of benzene rings is 3. The lowest BCUT2D eigenvalue weighted by Gasteiger charge is -2.32. The summed E-state index contributed by atoms with van der Waals surface area (Å²) >= 11 is 0. The van der Waals surface area contributed by atoms with Crippen LogP contribution in [0.3, 0.4) is 0 Å². The van der Waals surface area contributed by atoms with Gasteiger partial charge in [-0.3, -0.25) is 28.9 Å². The number of fused-ring (bicyclic) bond motifs is 3. The number of aromatic nitrogens is 1. The number of aromatic carboxylic acids is 1. The summed E-state index contributed by atoms with van der Waals surface area (Å²) in [4.78, 5) is 78.7. The van der Waals surface area contributed by atoms with Crippen molar-refractivity contribution in [3.05, 3.63) is 117 Å². The Hall–Kier alpha value is -6.08. The Kier molecular flexibility index (Phi) is 15.5. The van der Waals surface area contributed by atoms with Crippen LogP contribution in [-0.2, 0) is 63.1 Å². The van der Waals surface area contributed by atoms with Crippen molar-refractivity contribution in [1.82, 2.24) is 4.98 Å².